The zero-order valence-corrected chi connectivity index (χ0v) is 15.5. The van der Waals surface area contributed by atoms with Crippen LogP contribution in [0, 0.1) is 0 Å². The molecule has 0 unspecified atom stereocenters. The summed E-state index contributed by atoms with van der Waals surface area (Å²) in [4.78, 5) is 23.1. The molecule has 0 aromatic heterocycles. The molecule has 0 fully saturated rings. The van der Waals surface area contributed by atoms with E-state index in [-0.39, 0.29) is 13.2 Å². The molecule has 0 aliphatic rings. The molecule has 0 aliphatic carbocycles. The standard InChI is InChI=1S/C20H22O8/c1-25-15-7-3-13(4-8-15)11-27-17(19(21)22)18(20(23)24)28-12-14-5-9-16(26-2)10-6-14/h3-10,17-18H,11-12H2,1-2H3,(H,21,22)(H,23,24)/t17-,18-/m1/s1. The molecular weight excluding hydrogens is 368 g/mol. The van der Waals surface area contributed by atoms with Gasteiger partial charge < -0.3 is 29.2 Å². The van der Waals surface area contributed by atoms with E-state index in [9.17, 15) is 19.8 Å². The Morgan fingerprint density at radius 3 is 1.29 bits per heavy atom. The minimum absolute atomic E-state index is 0.0867. The van der Waals surface area contributed by atoms with Crippen LogP contribution in [0.15, 0.2) is 48.5 Å². The van der Waals surface area contributed by atoms with Crippen LogP contribution < -0.4 is 9.47 Å². The highest BCUT2D eigenvalue weighted by Crippen LogP contribution is 2.17. The van der Waals surface area contributed by atoms with Crippen LogP contribution in [0.4, 0.5) is 0 Å². The molecule has 8 heteroatoms. The number of ether oxygens (including phenoxy) is 4. The lowest BCUT2D eigenvalue weighted by Gasteiger charge is -2.21. The number of hydrogen-bond acceptors (Lipinski definition) is 6. The fourth-order valence-electron chi connectivity index (χ4n) is 2.39. The third-order valence-electron chi connectivity index (χ3n) is 3.94. The van der Waals surface area contributed by atoms with Crippen molar-refractivity contribution in [2.75, 3.05) is 14.2 Å². The fourth-order valence-corrected chi connectivity index (χ4v) is 2.39. The zero-order valence-electron chi connectivity index (χ0n) is 15.5. The minimum Gasteiger partial charge on any atom is -0.497 e. The first-order valence-electron chi connectivity index (χ1n) is 8.39. The molecule has 2 aromatic rings. The molecule has 150 valence electrons. The Hall–Kier alpha value is -3.10. The zero-order chi connectivity index (χ0) is 20.5. The van der Waals surface area contributed by atoms with Gasteiger partial charge in [-0.25, -0.2) is 9.59 Å². The lowest BCUT2D eigenvalue weighted by atomic mass is 10.1. The van der Waals surface area contributed by atoms with Crippen LogP contribution in [0.1, 0.15) is 11.1 Å². The quantitative estimate of drug-likeness (QED) is 0.601. The van der Waals surface area contributed by atoms with Gasteiger partial charge in [-0.15, -0.1) is 0 Å². The Labute approximate surface area is 162 Å². The average Bonchev–Trinajstić information content (AvgIpc) is 2.70. The first kappa shape index (κ1) is 21.2. The summed E-state index contributed by atoms with van der Waals surface area (Å²) >= 11 is 0. The van der Waals surface area contributed by atoms with Crippen LogP contribution in [0.5, 0.6) is 11.5 Å². The van der Waals surface area contributed by atoms with Gasteiger partial charge in [0.1, 0.15) is 11.5 Å². The van der Waals surface area contributed by atoms with Gasteiger partial charge in [0.15, 0.2) is 12.2 Å². The second-order valence-electron chi connectivity index (χ2n) is 5.84. The van der Waals surface area contributed by atoms with Crippen molar-refractivity contribution in [1.82, 2.24) is 0 Å². The first-order chi connectivity index (χ1) is 13.4. The van der Waals surface area contributed by atoms with Gasteiger partial charge in [-0.2, -0.15) is 0 Å². The molecule has 2 atom stereocenters. The van der Waals surface area contributed by atoms with E-state index in [0.717, 1.165) is 0 Å². The second kappa shape index (κ2) is 10.3. The molecular formula is C20H22O8. The molecule has 2 aromatic carbocycles. The smallest absolute Gasteiger partial charge is 0.336 e. The third kappa shape index (κ3) is 5.97. The highest BCUT2D eigenvalue weighted by Gasteiger charge is 2.36. The highest BCUT2D eigenvalue weighted by atomic mass is 16.6. The molecule has 0 spiro atoms. The summed E-state index contributed by atoms with van der Waals surface area (Å²) in [5.74, 6) is -1.55. The van der Waals surface area contributed by atoms with E-state index in [4.69, 9.17) is 18.9 Å². The van der Waals surface area contributed by atoms with E-state index in [1.54, 1.807) is 48.5 Å². The number of benzene rings is 2. The van der Waals surface area contributed by atoms with E-state index < -0.39 is 24.1 Å². The number of aliphatic carboxylic acids is 2. The summed E-state index contributed by atoms with van der Waals surface area (Å²) in [7, 11) is 3.06. The van der Waals surface area contributed by atoms with Crippen molar-refractivity contribution in [3.8, 4) is 11.5 Å². The van der Waals surface area contributed by atoms with Crippen molar-refractivity contribution < 1.29 is 38.7 Å². The Kier molecular flexibility index (Phi) is 7.79. The van der Waals surface area contributed by atoms with Crippen LogP contribution in [-0.4, -0.2) is 48.6 Å². The van der Waals surface area contributed by atoms with E-state index in [1.165, 1.54) is 14.2 Å². The molecule has 0 bridgehead atoms. The number of carboxylic acids is 2. The van der Waals surface area contributed by atoms with Gasteiger partial charge in [-0.3, -0.25) is 0 Å². The molecule has 0 saturated carbocycles. The number of carboxylic acid groups (broad SMARTS) is 2. The molecule has 2 rings (SSSR count). The topological polar surface area (TPSA) is 112 Å². The predicted molar refractivity (Wildman–Crippen MR) is 98.4 cm³/mol. The molecule has 0 heterocycles. The Morgan fingerprint density at radius 1 is 0.714 bits per heavy atom. The van der Waals surface area contributed by atoms with Gasteiger partial charge in [0.05, 0.1) is 27.4 Å². The molecule has 8 nitrogen and oxygen atoms in total. The van der Waals surface area contributed by atoms with Crippen molar-refractivity contribution in [1.29, 1.82) is 0 Å². The largest absolute Gasteiger partial charge is 0.497 e. The van der Waals surface area contributed by atoms with Crippen molar-refractivity contribution in [3.63, 3.8) is 0 Å². The van der Waals surface area contributed by atoms with Crippen LogP contribution in [-0.2, 0) is 32.3 Å². The summed E-state index contributed by atoms with van der Waals surface area (Å²) in [5, 5.41) is 18.8. The maximum absolute atomic E-state index is 11.6. The molecule has 0 aliphatic heterocycles. The van der Waals surface area contributed by atoms with Crippen LogP contribution in [0.25, 0.3) is 0 Å². The molecule has 2 N–H and O–H groups in total. The molecule has 0 amide bonds. The molecule has 28 heavy (non-hydrogen) atoms. The third-order valence-corrected chi connectivity index (χ3v) is 3.94. The summed E-state index contributed by atoms with van der Waals surface area (Å²) in [6.07, 6.45) is -3.34. The van der Waals surface area contributed by atoms with Crippen molar-refractivity contribution in [2.24, 2.45) is 0 Å². The lowest BCUT2D eigenvalue weighted by molar-refractivity contribution is -0.179. The van der Waals surface area contributed by atoms with Crippen molar-refractivity contribution in [3.05, 3.63) is 59.7 Å². The SMILES string of the molecule is COc1ccc(CO[C@@H](C(=O)O)[C@@H](OCc2ccc(OC)cc2)C(=O)O)cc1. The van der Waals surface area contributed by atoms with Gasteiger partial charge in [0.25, 0.3) is 0 Å². The van der Waals surface area contributed by atoms with Crippen LogP contribution in [0.2, 0.25) is 0 Å². The monoisotopic (exact) mass is 390 g/mol. The summed E-state index contributed by atoms with van der Waals surface area (Å²) in [6.45, 7) is -0.173. The van der Waals surface area contributed by atoms with Gasteiger partial charge in [-0.05, 0) is 35.4 Å². The van der Waals surface area contributed by atoms with Crippen LogP contribution in [0.3, 0.4) is 0 Å². The summed E-state index contributed by atoms with van der Waals surface area (Å²) in [5.41, 5.74) is 1.35. The number of hydrogen-bond donors (Lipinski definition) is 2. The van der Waals surface area contributed by atoms with E-state index in [2.05, 4.69) is 0 Å². The van der Waals surface area contributed by atoms with Gasteiger partial charge in [0.2, 0.25) is 0 Å². The maximum atomic E-state index is 11.6. The number of rotatable bonds is 11. The van der Waals surface area contributed by atoms with E-state index in [1.807, 2.05) is 0 Å². The van der Waals surface area contributed by atoms with Crippen molar-refractivity contribution >= 4 is 11.9 Å². The highest BCUT2D eigenvalue weighted by molar-refractivity contribution is 5.83. The number of methoxy groups -OCH3 is 2. The van der Waals surface area contributed by atoms with E-state index in [0.29, 0.717) is 22.6 Å². The Morgan fingerprint density at radius 2 is 1.04 bits per heavy atom. The normalized spacial score (nSPS) is 12.8. The Balaban J connectivity index is 2.03. The average molecular weight is 390 g/mol. The summed E-state index contributed by atoms with van der Waals surface area (Å²) < 4.78 is 20.8. The lowest BCUT2D eigenvalue weighted by Crippen LogP contribution is -2.43. The predicted octanol–water partition coefficient (Wildman–Crippen LogP) is 2.34. The first-order valence-corrected chi connectivity index (χ1v) is 8.39. The van der Waals surface area contributed by atoms with Gasteiger partial charge in [0, 0.05) is 0 Å². The Bertz CT molecular complexity index is 702. The van der Waals surface area contributed by atoms with E-state index >= 15 is 0 Å². The molecule has 0 saturated heterocycles. The van der Waals surface area contributed by atoms with Crippen LogP contribution >= 0.6 is 0 Å². The maximum Gasteiger partial charge on any atom is 0.336 e. The van der Waals surface area contributed by atoms with Gasteiger partial charge >= 0.3 is 11.9 Å². The minimum atomic E-state index is -1.67. The summed E-state index contributed by atoms with van der Waals surface area (Å²) in [6, 6.07) is 13.6. The second-order valence-corrected chi connectivity index (χ2v) is 5.84. The molecule has 0 radical (unpaired) electrons. The van der Waals surface area contributed by atoms with Gasteiger partial charge in [-0.1, -0.05) is 24.3 Å². The van der Waals surface area contributed by atoms with Crippen molar-refractivity contribution in [2.45, 2.75) is 25.4 Å². The fraction of sp³-hybridized carbons (Fsp3) is 0.300. The number of carbonyl (C=O) groups is 2.